The Morgan fingerprint density at radius 2 is 1.95 bits per heavy atom. The number of ketones is 1. The minimum atomic E-state index is -0.323. The van der Waals surface area contributed by atoms with E-state index >= 15 is 0 Å². The maximum atomic E-state index is 12.3. The van der Waals surface area contributed by atoms with E-state index in [2.05, 4.69) is 17.6 Å². The van der Waals surface area contributed by atoms with Crippen molar-refractivity contribution in [3.05, 3.63) is 29.8 Å². The second kappa shape index (κ2) is 7.43. The maximum Gasteiger partial charge on any atom is 0.242 e. The van der Waals surface area contributed by atoms with Gasteiger partial charge in [0.2, 0.25) is 5.91 Å². The molecule has 1 fully saturated rings. The van der Waals surface area contributed by atoms with E-state index < -0.39 is 0 Å². The van der Waals surface area contributed by atoms with Gasteiger partial charge in [0.15, 0.2) is 5.78 Å². The van der Waals surface area contributed by atoms with Gasteiger partial charge in [-0.15, -0.1) is 0 Å². The summed E-state index contributed by atoms with van der Waals surface area (Å²) in [6.07, 6.45) is 4.71. The van der Waals surface area contributed by atoms with Crippen molar-refractivity contribution in [2.24, 2.45) is 5.92 Å². The van der Waals surface area contributed by atoms with Crippen molar-refractivity contribution in [2.45, 2.75) is 58.5 Å². The molecule has 1 saturated carbocycles. The predicted octanol–water partition coefficient (Wildman–Crippen LogP) is 3.38. The van der Waals surface area contributed by atoms with E-state index in [0.717, 1.165) is 12.1 Å². The normalized spacial score (nSPS) is 22.7. The number of amides is 1. The van der Waals surface area contributed by atoms with Gasteiger partial charge in [-0.3, -0.25) is 9.59 Å². The SMILES string of the molecule is CC(=O)c1cccc(N[C@H](C)C(=O)N[C@H]2CCCC[C@@H]2C)c1. The molecule has 1 amide bonds. The fourth-order valence-electron chi connectivity index (χ4n) is 2.98. The van der Waals surface area contributed by atoms with Crippen LogP contribution in [-0.2, 0) is 4.79 Å². The molecule has 4 nitrogen and oxygen atoms in total. The monoisotopic (exact) mass is 302 g/mol. The van der Waals surface area contributed by atoms with Crippen LogP contribution in [0.5, 0.6) is 0 Å². The lowest BCUT2D eigenvalue weighted by atomic mass is 9.86. The molecular formula is C18H26N2O2. The van der Waals surface area contributed by atoms with Crippen LogP contribution >= 0.6 is 0 Å². The van der Waals surface area contributed by atoms with Crippen LogP contribution in [0.25, 0.3) is 0 Å². The van der Waals surface area contributed by atoms with Gasteiger partial charge in [-0.25, -0.2) is 0 Å². The van der Waals surface area contributed by atoms with E-state index in [4.69, 9.17) is 0 Å². The van der Waals surface area contributed by atoms with Crippen LogP contribution in [0.3, 0.4) is 0 Å². The molecule has 0 radical (unpaired) electrons. The Labute approximate surface area is 132 Å². The third-order valence-corrected chi connectivity index (χ3v) is 4.48. The van der Waals surface area contributed by atoms with Gasteiger partial charge in [-0.1, -0.05) is 31.9 Å². The van der Waals surface area contributed by atoms with Crippen LogP contribution < -0.4 is 10.6 Å². The summed E-state index contributed by atoms with van der Waals surface area (Å²) in [4.78, 5) is 23.7. The molecule has 4 heteroatoms. The Kier molecular flexibility index (Phi) is 5.58. The summed E-state index contributed by atoms with van der Waals surface area (Å²) < 4.78 is 0. The quantitative estimate of drug-likeness (QED) is 0.820. The van der Waals surface area contributed by atoms with Crippen molar-refractivity contribution in [3.8, 4) is 0 Å². The molecule has 1 aromatic carbocycles. The maximum absolute atomic E-state index is 12.3. The van der Waals surface area contributed by atoms with Gasteiger partial charge in [0, 0.05) is 17.3 Å². The van der Waals surface area contributed by atoms with Crippen LogP contribution in [0, 0.1) is 5.92 Å². The lowest BCUT2D eigenvalue weighted by Gasteiger charge is -2.30. The highest BCUT2D eigenvalue weighted by Crippen LogP contribution is 2.23. The number of carbonyl (C=O) groups is 2. The Hall–Kier alpha value is -1.84. The number of anilines is 1. The lowest BCUT2D eigenvalue weighted by Crippen LogP contribution is -2.46. The van der Waals surface area contributed by atoms with Gasteiger partial charge in [-0.2, -0.15) is 0 Å². The first-order chi connectivity index (χ1) is 10.5. The zero-order valence-corrected chi connectivity index (χ0v) is 13.7. The molecule has 0 heterocycles. The fourth-order valence-corrected chi connectivity index (χ4v) is 2.98. The van der Waals surface area contributed by atoms with Gasteiger partial charge in [0.1, 0.15) is 6.04 Å². The van der Waals surface area contributed by atoms with Gasteiger partial charge in [-0.05, 0) is 44.7 Å². The first kappa shape index (κ1) is 16.5. The number of hydrogen-bond acceptors (Lipinski definition) is 3. The average molecular weight is 302 g/mol. The summed E-state index contributed by atoms with van der Waals surface area (Å²) in [7, 11) is 0. The molecule has 0 unspecified atom stereocenters. The second-order valence-electron chi connectivity index (χ2n) is 6.38. The smallest absolute Gasteiger partial charge is 0.242 e. The van der Waals surface area contributed by atoms with Crippen molar-refractivity contribution in [1.82, 2.24) is 5.32 Å². The molecule has 0 spiro atoms. The second-order valence-corrected chi connectivity index (χ2v) is 6.38. The fraction of sp³-hybridized carbons (Fsp3) is 0.556. The molecule has 120 valence electrons. The summed E-state index contributed by atoms with van der Waals surface area (Å²) in [6, 6.07) is 7.23. The van der Waals surface area contributed by atoms with Gasteiger partial charge in [0.25, 0.3) is 0 Å². The van der Waals surface area contributed by atoms with Crippen molar-refractivity contribution in [1.29, 1.82) is 0 Å². The van der Waals surface area contributed by atoms with Gasteiger partial charge in [0.05, 0.1) is 0 Å². The zero-order chi connectivity index (χ0) is 16.1. The molecule has 0 aromatic heterocycles. The molecule has 1 aliphatic carbocycles. The Morgan fingerprint density at radius 1 is 1.23 bits per heavy atom. The average Bonchev–Trinajstić information content (AvgIpc) is 2.49. The van der Waals surface area contributed by atoms with Gasteiger partial charge >= 0.3 is 0 Å². The number of nitrogens with one attached hydrogen (secondary N) is 2. The van der Waals surface area contributed by atoms with Gasteiger partial charge < -0.3 is 10.6 Å². The summed E-state index contributed by atoms with van der Waals surface area (Å²) >= 11 is 0. The number of Topliss-reactive ketones (excluding diaryl/α,β-unsaturated/α-hetero) is 1. The molecule has 0 aliphatic heterocycles. The number of carbonyl (C=O) groups excluding carboxylic acids is 2. The van der Waals surface area contributed by atoms with Crippen LogP contribution in [0.15, 0.2) is 24.3 Å². The van der Waals surface area contributed by atoms with E-state index in [1.165, 1.54) is 19.3 Å². The summed E-state index contributed by atoms with van der Waals surface area (Å²) in [5.41, 5.74) is 1.45. The highest BCUT2D eigenvalue weighted by atomic mass is 16.2. The molecule has 1 aliphatic rings. The molecular weight excluding hydrogens is 276 g/mol. The lowest BCUT2D eigenvalue weighted by molar-refractivity contribution is -0.122. The number of benzene rings is 1. The molecule has 2 rings (SSSR count). The summed E-state index contributed by atoms with van der Waals surface area (Å²) in [5, 5.41) is 6.33. The third-order valence-electron chi connectivity index (χ3n) is 4.48. The summed E-state index contributed by atoms with van der Waals surface area (Å²) in [5.74, 6) is 0.592. The van der Waals surface area contributed by atoms with Crippen molar-refractivity contribution >= 4 is 17.4 Å². The van der Waals surface area contributed by atoms with E-state index in [-0.39, 0.29) is 23.8 Å². The van der Waals surface area contributed by atoms with E-state index in [9.17, 15) is 9.59 Å². The molecule has 22 heavy (non-hydrogen) atoms. The highest BCUT2D eigenvalue weighted by Gasteiger charge is 2.24. The van der Waals surface area contributed by atoms with E-state index in [0.29, 0.717) is 11.5 Å². The zero-order valence-electron chi connectivity index (χ0n) is 13.7. The summed E-state index contributed by atoms with van der Waals surface area (Å²) in [6.45, 7) is 5.60. The molecule has 1 aromatic rings. The predicted molar refractivity (Wildman–Crippen MR) is 89.1 cm³/mol. The molecule has 0 saturated heterocycles. The largest absolute Gasteiger partial charge is 0.374 e. The third kappa shape index (κ3) is 4.33. The van der Waals surface area contributed by atoms with Crippen LogP contribution in [-0.4, -0.2) is 23.8 Å². The Morgan fingerprint density at radius 3 is 2.64 bits per heavy atom. The van der Waals surface area contributed by atoms with Crippen molar-refractivity contribution in [3.63, 3.8) is 0 Å². The minimum Gasteiger partial charge on any atom is -0.374 e. The van der Waals surface area contributed by atoms with Crippen LogP contribution in [0.4, 0.5) is 5.69 Å². The highest BCUT2D eigenvalue weighted by molar-refractivity contribution is 5.95. The van der Waals surface area contributed by atoms with E-state index in [1.807, 2.05) is 19.1 Å². The molecule has 0 bridgehead atoms. The van der Waals surface area contributed by atoms with Crippen LogP contribution in [0.2, 0.25) is 0 Å². The number of hydrogen-bond donors (Lipinski definition) is 2. The van der Waals surface area contributed by atoms with Crippen molar-refractivity contribution < 1.29 is 9.59 Å². The topological polar surface area (TPSA) is 58.2 Å². The first-order valence-corrected chi connectivity index (χ1v) is 8.15. The minimum absolute atomic E-state index is 0.0204. The number of rotatable bonds is 5. The molecule has 2 N–H and O–H groups in total. The Bertz CT molecular complexity index is 542. The van der Waals surface area contributed by atoms with Crippen molar-refractivity contribution in [2.75, 3.05) is 5.32 Å². The molecule has 3 atom stereocenters. The van der Waals surface area contributed by atoms with E-state index in [1.54, 1.807) is 19.1 Å². The first-order valence-electron chi connectivity index (χ1n) is 8.15. The Balaban J connectivity index is 1.93. The standard InChI is InChI=1S/C18H26N2O2/c1-12-7-4-5-10-17(12)20-18(22)13(2)19-16-9-6-8-15(11-16)14(3)21/h6,8-9,11-13,17,19H,4-5,7,10H2,1-3H3,(H,20,22)/t12-,13+,17-/m0/s1. The van der Waals surface area contributed by atoms with Crippen LogP contribution in [0.1, 0.15) is 56.8 Å².